The smallest absolute Gasteiger partial charge is 0.261 e. The molecule has 5 rings (SSSR count). The minimum absolute atomic E-state index is 0.136. The highest BCUT2D eigenvalue weighted by atomic mass is 32.1. The molecule has 0 spiro atoms. The van der Waals surface area contributed by atoms with E-state index in [0.717, 1.165) is 16.8 Å². The number of nitrogens with zero attached hydrogens (tertiary/aromatic N) is 3. The molecule has 0 aliphatic rings. The van der Waals surface area contributed by atoms with E-state index in [2.05, 4.69) is 9.98 Å². The Balaban J connectivity index is 1.53. The highest BCUT2D eigenvalue weighted by molar-refractivity contribution is 7.13. The lowest BCUT2D eigenvalue weighted by Crippen LogP contribution is -2.22. The van der Waals surface area contributed by atoms with Crippen LogP contribution in [-0.4, -0.2) is 35.1 Å². The van der Waals surface area contributed by atoms with Gasteiger partial charge in [-0.2, -0.15) is 0 Å². The first-order valence-electron chi connectivity index (χ1n) is 11.2. The molecular weight excluding hydrogens is 474 g/mol. The molecule has 5 aromatic rings. The van der Waals surface area contributed by atoms with Crippen LogP contribution in [0.25, 0.3) is 22.0 Å². The standard InChI is InChI=1S/C28H23N3O4S/c1-34-24-13-12-19(14-25(24)35-2)23-17-36-28(30-23)29-15-22-20-10-6-7-11-21(20)26(32)31(27(22)33)16-18-8-4-3-5-9-18/h3-15,17,33H,16H2,1-2H3. The van der Waals surface area contributed by atoms with Gasteiger partial charge in [0.2, 0.25) is 11.0 Å². The predicted octanol–water partition coefficient (Wildman–Crippen LogP) is 5.65. The summed E-state index contributed by atoms with van der Waals surface area (Å²) >= 11 is 1.38. The van der Waals surface area contributed by atoms with Gasteiger partial charge in [-0.3, -0.25) is 9.36 Å². The Morgan fingerprint density at radius 3 is 2.44 bits per heavy atom. The van der Waals surface area contributed by atoms with Crippen molar-refractivity contribution >= 4 is 33.5 Å². The van der Waals surface area contributed by atoms with Crippen LogP contribution in [0.4, 0.5) is 5.13 Å². The third-order valence-electron chi connectivity index (χ3n) is 5.85. The number of ether oxygens (including phenoxy) is 2. The van der Waals surface area contributed by atoms with Gasteiger partial charge in [-0.1, -0.05) is 48.5 Å². The number of hydrogen-bond donors (Lipinski definition) is 1. The molecule has 0 radical (unpaired) electrons. The van der Waals surface area contributed by atoms with Crippen LogP contribution in [0.1, 0.15) is 11.1 Å². The zero-order valence-corrected chi connectivity index (χ0v) is 20.5. The monoisotopic (exact) mass is 497 g/mol. The normalized spacial score (nSPS) is 11.3. The number of hydrogen-bond acceptors (Lipinski definition) is 7. The van der Waals surface area contributed by atoms with E-state index in [0.29, 0.717) is 33.0 Å². The molecule has 0 amide bonds. The van der Waals surface area contributed by atoms with E-state index in [-0.39, 0.29) is 18.0 Å². The van der Waals surface area contributed by atoms with Gasteiger partial charge in [0.05, 0.1) is 32.0 Å². The summed E-state index contributed by atoms with van der Waals surface area (Å²) in [6, 6.07) is 22.4. The van der Waals surface area contributed by atoms with Gasteiger partial charge in [0, 0.05) is 27.9 Å². The number of aromatic hydroxyl groups is 1. The number of methoxy groups -OCH3 is 2. The second kappa shape index (κ2) is 10.1. The van der Waals surface area contributed by atoms with E-state index in [9.17, 15) is 9.90 Å². The van der Waals surface area contributed by atoms with Crippen LogP contribution in [-0.2, 0) is 6.54 Å². The van der Waals surface area contributed by atoms with E-state index in [4.69, 9.17) is 9.47 Å². The van der Waals surface area contributed by atoms with Gasteiger partial charge in [0.1, 0.15) is 0 Å². The van der Waals surface area contributed by atoms with Crippen LogP contribution in [0.5, 0.6) is 17.4 Å². The van der Waals surface area contributed by atoms with Gasteiger partial charge in [0.25, 0.3) is 5.56 Å². The second-order valence-corrected chi connectivity index (χ2v) is 8.84. The van der Waals surface area contributed by atoms with E-state index in [1.165, 1.54) is 15.9 Å². The number of rotatable bonds is 7. The van der Waals surface area contributed by atoms with Gasteiger partial charge in [-0.05, 0) is 29.8 Å². The maximum absolute atomic E-state index is 13.2. The molecular formula is C28H23N3O4S. The van der Waals surface area contributed by atoms with Gasteiger partial charge >= 0.3 is 0 Å². The molecule has 0 saturated carbocycles. The third kappa shape index (κ3) is 4.46. The molecule has 0 unspecified atom stereocenters. The minimum atomic E-state index is -0.255. The fourth-order valence-electron chi connectivity index (χ4n) is 4.02. The summed E-state index contributed by atoms with van der Waals surface area (Å²) in [5.74, 6) is 1.12. The van der Waals surface area contributed by atoms with Crippen molar-refractivity contribution in [1.82, 2.24) is 9.55 Å². The lowest BCUT2D eigenvalue weighted by Gasteiger charge is -2.13. The number of thiazole rings is 1. The molecule has 0 fully saturated rings. The first kappa shape index (κ1) is 23.3. The van der Waals surface area contributed by atoms with Crippen LogP contribution < -0.4 is 15.0 Å². The van der Waals surface area contributed by atoms with E-state index < -0.39 is 0 Å². The molecule has 180 valence electrons. The van der Waals surface area contributed by atoms with Crippen molar-refractivity contribution in [3.05, 3.63) is 99.7 Å². The maximum Gasteiger partial charge on any atom is 0.261 e. The SMILES string of the molecule is COc1ccc(-c2csc(N=Cc3c(O)n(Cc4ccccc4)c(=O)c4ccccc34)n2)cc1OC. The molecule has 1 N–H and O–H groups in total. The van der Waals surface area contributed by atoms with E-state index >= 15 is 0 Å². The molecule has 2 heterocycles. The summed E-state index contributed by atoms with van der Waals surface area (Å²) < 4.78 is 12.1. The topological polar surface area (TPSA) is 85.9 Å². The Kier molecular flexibility index (Phi) is 6.51. The van der Waals surface area contributed by atoms with Crippen molar-refractivity contribution < 1.29 is 14.6 Å². The summed E-state index contributed by atoms with van der Waals surface area (Å²) in [5, 5.41) is 14.7. The Morgan fingerprint density at radius 1 is 0.972 bits per heavy atom. The lowest BCUT2D eigenvalue weighted by atomic mass is 10.1. The highest BCUT2D eigenvalue weighted by Gasteiger charge is 2.16. The van der Waals surface area contributed by atoms with Crippen molar-refractivity contribution in [1.29, 1.82) is 0 Å². The fraction of sp³-hybridized carbons (Fsp3) is 0.107. The third-order valence-corrected chi connectivity index (χ3v) is 6.60. The average Bonchev–Trinajstić information content (AvgIpc) is 3.40. The Bertz CT molecular complexity index is 1620. The molecule has 36 heavy (non-hydrogen) atoms. The number of fused-ring (bicyclic) bond motifs is 1. The number of aromatic nitrogens is 2. The molecule has 8 heteroatoms. The average molecular weight is 498 g/mol. The molecule has 0 atom stereocenters. The maximum atomic E-state index is 13.2. The first-order valence-corrected chi connectivity index (χ1v) is 12.1. The lowest BCUT2D eigenvalue weighted by molar-refractivity contribution is 0.355. The summed E-state index contributed by atoms with van der Waals surface area (Å²) in [5.41, 5.74) is 2.73. The second-order valence-electron chi connectivity index (χ2n) is 8.00. The Hall–Kier alpha value is -4.43. The molecule has 7 nitrogen and oxygen atoms in total. The zero-order valence-electron chi connectivity index (χ0n) is 19.7. The fourth-order valence-corrected chi connectivity index (χ4v) is 4.69. The van der Waals surface area contributed by atoms with Gasteiger partial charge in [-0.15, -0.1) is 11.3 Å². The number of pyridine rings is 1. The molecule has 3 aromatic carbocycles. The highest BCUT2D eigenvalue weighted by Crippen LogP contribution is 2.34. The quantitative estimate of drug-likeness (QED) is 0.294. The molecule has 0 bridgehead atoms. The van der Waals surface area contributed by atoms with Crippen LogP contribution in [0.15, 0.2) is 88.0 Å². The van der Waals surface area contributed by atoms with E-state index in [1.54, 1.807) is 26.5 Å². The van der Waals surface area contributed by atoms with Gasteiger partial charge < -0.3 is 14.6 Å². The Morgan fingerprint density at radius 2 is 1.69 bits per heavy atom. The number of aliphatic imine (C=N–C) groups is 1. The van der Waals surface area contributed by atoms with Crippen molar-refractivity contribution in [2.75, 3.05) is 14.2 Å². The van der Waals surface area contributed by atoms with Crippen LogP contribution in [0.2, 0.25) is 0 Å². The van der Waals surface area contributed by atoms with Crippen molar-refractivity contribution in [2.45, 2.75) is 6.54 Å². The first-order chi connectivity index (χ1) is 17.6. The van der Waals surface area contributed by atoms with Crippen LogP contribution >= 0.6 is 11.3 Å². The molecule has 0 aliphatic carbocycles. The molecule has 0 aliphatic heterocycles. The molecule has 0 saturated heterocycles. The summed E-state index contributed by atoms with van der Waals surface area (Å²) in [6.07, 6.45) is 1.57. The van der Waals surface area contributed by atoms with Crippen LogP contribution in [0, 0.1) is 0 Å². The zero-order chi connectivity index (χ0) is 25.1. The number of benzene rings is 3. The molecule has 2 aromatic heterocycles. The summed E-state index contributed by atoms with van der Waals surface area (Å²) in [7, 11) is 3.18. The van der Waals surface area contributed by atoms with Crippen LogP contribution in [0.3, 0.4) is 0 Å². The van der Waals surface area contributed by atoms with Crippen molar-refractivity contribution in [3.63, 3.8) is 0 Å². The van der Waals surface area contributed by atoms with E-state index in [1.807, 2.05) is 72.1 Å². The van der Waals surface area contributed by atoms with Gasteiger partial charge in [-0.25, -0.2) is 9.98 Å². The van der Waals surface area contributed by atoms with Gasteiger partial charge in [0.15, 0.2) is 11.5 Å². The summed E-state index contributed by atoms with van der Waals surface area (Å²) in [6.45, 7) is 0.248. The summed E-state index contributed by atoms with van der Waals surface area (Å²) in [4.78, 5) is 22.3. The largest absolute Gasteiger partial charge is 0.494 e. The predicted molar refractivity (Wildman–Crippen MR) is 143 cm³/mol. The minimum Gasteiger partial charge on any atom is -0.494 e. The Labute approximate surface area is 211 Å². The van der Waals surface area contributed by atoms with Crippen molar-refractivity contribution in [3.8, 4) is 28.6 Å². The van der Waals surface area contributed by atoms with Crippen molar-refractivity contribution in [2.24, 2.45) is 4.99 Å².